The summed E-state index contributed by atoms with van der Waals surface area (Å²) in [5.74, 6) is 1.21. The van der Waals surface area contributed by atoms with E-state index in [0.29, 0.717) is 5.75 Å². The summed E-state index contributed by atoms with van der Waals surface area (Å²) in [6.45, 7) is 4.53. The SMILES string of the molecule is C=CCCCCCCCCOc1ccc(-c2ccc(O)cc2)cc1. The number of hydrogen-bond donors (Lipinski definition) is 1. The topological polar surface area (TPSA) is 29.5 Å². The second-order valence-electron chi connectivity index (χ2n) is 6.12. The first-order valence-corrected chi connectivity index (χ1v) is 8.93. The van der Waals surface area contributed by atoms with E-state index < -0.39 is 0 Å². The Morgan fingerprint density at radius 1 is 0.750 bits per heavy atom. The molecule has 2 aromatic carbocycles. The maximum atomic E-state index is 9.34. The molecule has 0 atom stereocenters. The lowest BCUT2D eigenvalue weighted by Gasteiger charge is -2.08. The van der Waals surface area contributed by atoms with Gasteiger partial charge in [0.15, 0.2) is 0 Å². The molecule has 2 rings (SSSR count). The number of phenols is 1. The van der Waals surface area contributed by atoms with Crippen molar-refractivity contribution in [2.45, 2.75) is 44.9 Å². The Morgan fingerprint density at radius 2 is 1.29 bits per heavy atom. The van der Waals surface area contributed by atoms with Crippen LogP contribution in [0.3, 0.4) is 0 Å². The van der Waals surface area contributed by atoms with Crippen molar-refractivity contribution in [2.24, 2.45) is 0 Å². The molecule has 1 N–H and O–H groups in total. The van der Waals surface area contributed by atoms with Gasteiger partial charge in [-0.1, -0.05) is 56.0 Å². The van der Waals surface area contributed by atoms with Crippen LogP contribution in [0.4, 0.5) is 0 Å². The highest BCUT2D eigenvalue weighted by Crippen LogP contribution is 2.24. The number of phenolic OH excluding ortho intramolecular Hbond substituents is 1. The summed E-state index contributed by atoms with van der Waals surface area (Å²) in [6.07, 6.45) is 10.7. The summed E-state index contributed by atoms with van der Waals surface area (Å²) in [5.41, 5.74) is 2.22. The Hall–Kier alpha value is -2.22. The quantitative estimate of drug-likeness (QED) is 0.385. The molecule has 2 aromatic rings. The van der Waals surface area contributed by atoms with Crippen molar-refractivity contribution in [1.29, 1.82) is 0 Å². The van der Waals surface area contributed by atoms with E-state index in [1.54, 1.807) is 12.1 Å². The molecule has 0 aliphatic heterocycles. The van der Waals surface area contributed by atoms with Crippen LogP contribution >= 0.6 is 0 Å². The minimum absolute atomic E-state index is 0.291. The van der Waals surface area contributed by atoms with Crippen LogP contribution in [0.2, 0.25) is 0 Å². The van der Waals surface area contributed by atoms with E-state index >= 15 is 0 Å². The number of rotatable bonds is 11. The van der Waals surface area contributed by atoms with Gasteiger partial charge in [0.25, 0.3) is 0 Å². The van der Waals surface area contributed by atoms with Gasteiger partial charge < -0.3 is 9.84 Å². The van der Waals surface area contributed by atoms with Crippen molar-refractivity contribution < 1.29 is 9.84 Å². The fourth-order valence-electron chi connectivity index (χ4n) is 2.69. The third kappa shape index (κ3) is 6.49. The zero-order valence-corrected chi connectivity index (χ0v) is 14.4. The molecule has 2 nitrogen and oxygen atoms in total. The van der Waals surface area contributed by atoms with Gasteiger partial charge in [0.05, 0.1) is 6.61 Å². The molecular formula is C22H28O2. The average Bonchev–Trinajstić information content (AvgIpc) is 2.62. The van der Waals surface area contributed by atoms with Crippen molar-refractivity contribution in [3.8, 4) is 22.6 Å². The molecule has 24 heavy (non-hydrogen) atoms. The lowest BCUT2D eigenvalue weighted by atomic mass is 10.1. The summed E-state index contributed by atoms with van der Waals surface area (Å²) in [6, 6.07) is 15.4. The molecule has 0 aliphatic carbocycles. The van der Waals surface area contributed by atoms with Crippen molar-refractivity contribution in [2.75, 3.05) is 6.61 Å². The molecular weight excluding hydrogens is 296 g/mol. The van der Waals surface area contributed by atoms with Gasteiger partial charge in [0.2, 0.25) is 0 Å². The molecule has 0 unspecified atom stereocenters. The number of ether oxygens (including phenoxy) is 1. The lowest BCUT2D eigenvalue weighted by Crippen LogP contribution is -1.97. The fourth-order valence-corrected chi connectivity index (χ4v) is 2.69. The molecule has 0 amide bonds. The number of hydrogen-bond acceptors (Lipinski definition) is 2. The summed E-state index contributed by atoms with van der Waals surface area (Å²) < 4.78 is 5.81. The van der Waals surface area contributed by atoms with E-state index in [2.05, 4.69) is 18.7 Å². The molecule has 0 saturated carbocycles. The van der Waals surface area contributed by atoms with Crippen molar-refractivity contribution in [3.05, 3.63) is 61.2 Å². The Bertz CT molecular complexity index is 584. The van der Waals surface area contributed by atoms with Crippen LogP contribution in [0, 0.1) is 0 Å². The maximum Gasteiger partial charge on any atom is 0.119 e. The molecule has 0 heterocycles. The third-order valence-electron chi connectivity index (χ3n) is 4.13. The van der Waals surface area contributed by atoms with Crippen LogP contribution in [-0.4, -0.2) is 11.7 Å². The van der Waals surface area contributed by atoms with Gasteiger partial charge in [0, 0.05) is 0 Å². The predicted octanol–water partition coefficient (Wildman–Crippen LogP) is 6.35. The highest BCUT2D eigenvalue weighted by Gasteiger charge is 1.99. The van der Waals surface area contributed by atoms with Gasteiger partial charge in [-0.3, -0.25) is 0 Å². The van der Waals surface area contributed by atoms with Gasteiger partial charge >= 0.3 is 0 Å². The van der Waals surface area contributed by atoms with Crippen molar-refractivity contribution >= 4 is 0 Å². The van der Waals surface area contributed by atoms with Crippen molar-refractivity contribution in [1.82, 2.24) is 0 Å². The molecule has 2 heteroatoms. The average molecular weight is 324 g/mol. The summed E-state index contributed by atoms with van der Waals surface area (Å²) in [4.78, 5) is 0. The van der Waals surface area contributed by atoms with Crippen LogP contribution in [0.1, 0.15) is 44.9 Å². The first kappa shape index (κ1) is 18.1. The van der Waals surface area contributed by atoms with Crippen LogP contribution in [0.15, 0.2) is 61.2 Å². The minimum atomic E-state index is 0.291. The summed E-state index contributed by atoms with van der Waals surface area (Å²) >= 11 is 0. The molecule has 0 spiro atoms. The Morgan fingerprint density at radius 3 is 1.92 bits per heavy atom. The number of allylic oxidation sites excluding steroid dienone is 1. The van der Waals surface area contributed by atoms with Crippen LogP contribution in [0.5, 0.6) is 11.5 Å². The lowest BCUT2D eigenvalue weighted by molar-refractivity contribution is 0.304. The van der Waals surface area contributed by atoms with Crippen LogP contribution < -0.4 is 4.74 Å². The number of benzene rings is 2. The van der Waals surface area contributed by atoms with E-state index in [-0.39, 0.29) is 0 Å². The molecule has 0 saturated heterocycles. The Labute approximate surface area is 145 Å². The molecule has 0 aliphatic rings. The van der Waals surface area contributed by atoms with Gasteiger partial charge in [-0.05, 0) is 54.7 Å². The van der Waals surface area contributed by atoms with Gasteiger partial charge in [-0.15, -0.1) is 6.58 Å². The number of aromatic hydroxyl groups is 1. The summed E-state index contributed by atoms with van der Waals surface area (Å²) in [5, 5.41) is 9.34. The zero-order valence-electron chi connectivity index (χ0n) is 14.4. The van der Waals surface area contributed by atoms with E-state index in [1.165, 1.54) is 32.1 Å². The fraction of sp³-hybridized carbons (Fsp3) is 0.364. The maximum absolute atomic E-state index is 9.34. The standard InChI is InChI=1S/C22H28O2/c1-2-3-4-5-6-7-8-9-18-24-22-16-12-20(13-17-22)19-10-14-21(23)15-11-19/h2,10-17,23H,1,3-9,18H2. The Kier molecular flexibility index (Phi) is 7.96. The van der Waals surface area contributed by atoms with Gasteiger partial charge in [0.1, 0.15) is 11.5 Å². The second-order valence-corrected chi connectivity index (χ2v) is 6.12. The van der Waals surface area contributed by atoms with Crippen LogP contribution in [-0.2, 0) is 0 Å². The monoisotopic (exact) mass is 324 g/mol. The van der Waals surface area contributed by atoms with Crippen LogP contribution in [0.25, 0.3) is 11.1 Å². The largest absolute Gasteiger partial charge is 0.508 e. The van der Waals surface area contributed by atoms with E-state index in [0.717, 1.165) is 36.3 Å². The molecule has 0 aromatic heterocycles. The zero-order chi connectivity index (χ0) is 17.0. The molecule has 128 valence electrons. The normalized spacial score (nSPS) is 10.5. The highest BCUT2D eigenvalue weighted by molar-refractivity contribution is 5.64. The second kappa shape index (κ2) is 10.5. The molecule has 0 radical (unpaired) electrons. The van der Waals surface area contributed by atoms with E-state index in [1.807, 2.05) is 30.3 Å². The van der Waals surface area contributed by atoms with Gasteiger partial charge in [-0.25, -0.2) is 0 Å². The third-order valence-corrected chi connectivity index (χ3v) is 4.13. The van der Waals surface area contributed by atoms with Gasteiger partial charge in [-0.2, -0.15) is 0 Å². The van der Waals surface area contributed by atoms with Crippen molar-refractivity contribution in [3.63, 3.8) is 0 Å². The molecule has 0 fully saturated rings. The minimum Gasteiger partial charge on any atom is -0.508 e. The van der Waals surface area contributed by atoms with E-state index in [9.17, 15) is 5.11 Å². The number of unbranched alkanes of at least 4 members (excludes halogenated alkanes) is 6. The van der Waals surface area contributed by atoms with E-state index in [4.69, 9.17) is 4.74 Å². The predicted molar refractivity (Wildman–Crippen MR) is 102 cm³/mol. The summed E-state index contributed by atoms with van der Waals surface area (Å²) in [7, 11) is 0. The molecule has 0 bridgehead atoms. The first-order chi connectivity index (χ1) is 11.8. The Balaban J connectivity index is 1.63. The highest BCUT2D eigenvalue weighted by atomic mass is 16.5. The smallest absolute Gasteiger partial charge is 0.119 e. The first-order valence-electron chi connectivity index (χ1n) is 8.93.